The topological polar surface area (TPSA) is 95.0 Å². The highest BCUT2D eigenvalue weighted by Gasteiger charge is 2.34. The highest BCUT2D eigenvalue weighted by molar-refractivity contribution is 5.97. The van der Waals surface area contributed by atoms with E-state index in [0.717, 1.165) is 12.8 Å². The van der Waals surface area contributed by atoms with Gasteiger partial charge < -0.3 is 25.0 Å². The number of aliphatic hydroxyl groups excluding tert-OH is 1. The third kappa shape index (κ3) is 7.11. The van der Waals surface area contributed by atoms with E-state index in [1.165, 1.54) is 19.3 Å². The maximum atomic E-state index is 13.5. The largest absolute Gasteiger partial charge is 0.472 e. The van der Waals surface area contributed by atoms with Crippen LogP contribution in [0, 0.1) is 23.7 Å². The summed E-state index contributed by atoms with van der Waals surface area (Å²) < 4.78 is 6.27. The van der Waals surface area contributed by atoms with Crippen molar-refractivity contribution in [3.8, 4) is 17.7 Å². The van der Waals surface area contributed by atoms with Crippen LogP contribution in [0.4, 0.5) is 4.79 Å². The second-order valence-electron chi connectivity index (χ2n) is 10.3. The molecule has 0 aromatic carbocycles. The van der Waals surface area contributed by atoms with Gasteiger partial charge in [0.15, 0.2) is 0 Å². The molecule has 3 atom stereocenters. The fourth-order valence-electron chi connectivity index (χ4n) is 4.53. The second-order valence-corrected chi connectivity index (χ2v) is 10.3. The number of amides is 3. The van der Waals surface area contributed by atoms with E-state index < -0.39 is 0 Å². The summed E-state index contributed by atoms with van der Waals surface area (Å²) >= 11 is 0. The number of pyridine rings is 1. The fraction of sp³-hybridized carbons (Fsp3) is 0.667. The van der Waals surface area contributed by atoms with Crippen LogP contribution in [0.25, 0.3) is 0 Å². The van der Waals surface area contributed by atoms with Gasteiger partial charge in [0.25, 0.3) is 5.91 Å². The molecule has 2 heterocycles. The van der Waals surface area contributed by atoms with Gasteiger partial charge in [0.1, 0.15) is 11.7 Å². The van der Waals surface area contributed by atoms with Gasteiger partial charge in [-0.2, -0.15) is 0 Å². The summed E-state index contributed by atoms with van der Waals surface area (Å²) in [6.45, 7) is 8.21. The van der Waals surface area contributed by atoms with Crippen molar-refractivity contribution in [1.82, 2.24) is 20.1 Å². The molecule has 1 aromatic rings. The first-order chi connectivity index (χ1) is 16.7. The summed E-state index contributed by atoms with van der Waals surface area (Å²) in [6, 6.07) is 1.22. The lowest BCUT2D eigenvalue weighted by Gasteiger charge is -2.37. The molecule has 35 heavy (non-hydrogen) atoms. The normalized spacial score (nSPS) is 21.7. The number of carbonyl (C=O) groups excluding carboxylic acids is 2. The van der Waals surface area contributed by atoms with Gasteiger partial charge in [-0.3, -0.25) is 4.79 Å². The lowest BCUT2D eigenvalue weighted by molar-refractivity contribution is 0.0351. The number of likely N-dealkylation sites (N-methyl/N-ethyl adjacent to an activating group) is 1. The number of carbonyl (C=O) groups is 2. The minimum Gasteiger partial charge on any atom is -0.472 e. The molecule has 1 aromatic heterocycles. The number of ether oxygens (including phenoxy) is 1. The molecule has 0 spiro atoms. The predicted molar refractivity (Wildman–Crippen MR) is 135 cm³/mol. The summed E-state index contributed by atoms with van der Waals surface area (Å²) in [4.78, 5) is 33.8. The van der Waals surface area contributed by atoms with Crippen LogP contribution < -0.4 is 10.1 Å². The van der Waals surface area contributed by atoms with Gasteiger partial charge in [-0.1, -0.05) is 38.0 Å². The summed E-state index contributed by atoms with van der Waals surface area (Å²) in [5.41, 5.74) is 1.02. The van der Waals surface area contributed by atoms with Crippen LogP contribution in [-0.2, 0) is 0 Å². The fourth-order valence-corrected chi connectivity index (χ4v) is 4.53. The molecule has 1 aliphatic heterocycles. The van der Waals surface area contributed by atoms with E-state index in [1.54, 1.807) is 29.1 Å². The molecule has 1 saturated carbocycles. The Hall–Kier alpha value is -2.79. The number of aromatic nitrogens is 1. The molecule has 0 unspecified atom stereocenters. The van der Waals surface area contributed by atoms with Crippen LogP contribution in [0.15, 0.2) is 12.3 Å². The van der Waals surface area contributed by atoms with Crippen molar-refractivity contribution in [2.45, 2.75) is 78.0 Å². The number of aliphatic hydroxyl groups is 1. The molecule has 8 heteroatoms. The van der Waals surface area contributed by atoms with Crippen LogP contribution in [0.3, 0.4) is 0 Å². The second kappa shape index (κ2) is 12.3. The third-order valence-corrected chi connectivity index (χ3v) is 6.76. The first-order valence-electron chi connectivity index (χ1n) is 12.8. The molecule has 8 nitrogen and oxygen atoms in total. The van der Waals surface area contributed by atoms with Crippen molar-refractivity contribution in [3.05, 3.63) is 23.4 Å². The molecule has 1 aliphatic carbocycles. The van der Waals surface area contributed by atoms with E-state index in [2.05, 4.69) is 22.1 Å². The zero-order chi connectivity index (χ0) is 25.5. The van der Waals surface area contributed by atoms with Crippen LogP contribution in [-0.4, -0.2) is 76.8 Å². The standard InChI is InChI=1S/C27H40N4O4/c1-18(2)29-27(34)30(5)16-24-19(3)15-31(20(4)17-32)26(33)23-13-22(14-28-25(23)35-24)12-11-21-9-7-6-8-10-21/h13-14,18-21,24,32H,6-10,15-17H2,1-5H3,(H,29,34)/t19-,20-,24-/m1/s1. The highest BCUT2D eigenvalue weighted by Crippen LogP contribution is 2.28. The van der Waals surface area contributed by atoms with E-state index in [9.17, 15) is 14.7 Å². The van der Waals surface area contributed by atoms with Gasteiger partial charge in [0.2, 0.25) is 5.88 Å². The molecule has 3 rings (SSSR count). The summed E-state index contributed by atoms with van der Waals surface area (Å²) in [5, 5.41) is 12.7. The molecule has 1 fully saturated rings. The molecule has 0 radical (unpaired) electrons. The summed E-state index contributed by atoms with van der Waals surface area (Å²) in [6.07, 6.45) is 7.21. The lowest BCUT2D eigenvalue weighted by atomic mass is 9.90. The van der Waals surface area contributed by atoms with E-state index in [0.29, 0.717) is 30.1 Å². The minimum atomic E-state index is -0.384. The van der Waals surface area contributed by atoms with Crippen LogP contribution in [0.5, 0.6) is 5.88 Å². The Balaban J connectivity index is 1.90. The quantitative estimate of drug-likeness (QED) is 0.626. The third-order valence-electron chi connectivity index (χ3n) is 6.76. The molecule has 0 bridgehead atoms. The van der Waals surface area contributed by atoms with Crippen molar-refractivity contribution in [1.29, 1.82) is 0 Å². The van der Waals surface area contributed by atoms with Gasteiger partial charge in [-0.05, 0) is 39.7 Å². The average Bonchev–Trinajstić information content (AvgIpc) is 2.84. The van der Waals surface area contributed by atoms with E-state index in [4.69, 9.17) is 4.74 Å². The van der Waals surface area contributed by atoms with E-state index in [1.807, 2.05) is 27.7 Å². The van der Waals surface area contributed by atoms with E-state index in [-0.39, 0.29) is 48.5 Å². The Morgan fingerprint density at radius 1 is 1.31 bits per heavy atom. The Bertz CT molecular complexity index is 948. The van der Waals surface area contributed by atoms with E-state index >= 15 is 0 Å². The van der Waals surface area contributed by atoms with Crippen molar-refractivity contribution in [3.63, 3.8) is 0 Å². The first-order valence-corrected chi connectivity index (χ1v) is 12.8. The van der Waals surface area contributed by atoms with Crippen molar-refractivity contribution >= 4 is 11.9 Å². The number of nitrogens with zero attached hydrogens (tertiary/aromatic N) is 3. The summed E-state index contributed by atoms with van der Waals surface area (Å²) in [5.74, 6) is 6.87. The van der Waals surface area contributed by atoms with Crippen molar-refractivity contribution < 1.29 is 19.4 Å². The summed E-state index contributed by atoms with van der Waals surface area (Å²) in [7, 11) is 1.73. The minimum absolute atomic E-state index is 0.0228. The average molecular weight is 485 g/mol. The number of fused-ring (bicyclic) bond motifs is 1. The van der Waals surface area contributed by atoms with Crippen LogP contribution in [0.1, 0.15) is 75.7 Å². The molecule has 3 amide bonds. The number of nitrogens with one attached hydrogen (secondary N) is 1. The predicted octanol–water partition coefficient (Wildman–Crippen LogP) is 3.28. The molecule has 2 aliphatic rings. The number of urea groups is 1. The number of rotatable bonds is 5. The van der Waals surface area contributed by atoms with Gasteiger partial charge in [-0.15, -0.1) is 0 Å². The number of hydrogen-bond donors (Lipinski definition) is 2. The van der Waals surface area contributed by atoms with Crippen molar-refractivity contribution in [2.24, 2.45) is 11.8 Å². The van der Waals surface area contributed by atoms with Gasteiger partial charge in [0, 0.05) is 43.2 Å². The Morgan fingerprint density at radius 3 is 2.69 bits per heavy atom. The van der Waals surface area contributed by atoms with Crippen LogP contribution in [0.2, 0.25) is 0 Å². The Morgan fingerprint density at radius 2 is 2.03 bits per heavy atom. The zero-order valence-electron chi connectivity index (χ0n) is 21.7. The zero-order valence-corrected chi connectivity index (χ0v) is 21.7. The lowest BCUT2D eigenvalue weighted by Crippen LogP contribution is -2.51. The van der Waals surface area contributed by atoms with Crippen LogP contribution >= 0.6 is 0 Å². The molecule has 192 valence electrons. The SMILES string of the molecule is CC(C)NC(=O)N(C)C[C@H]1Oc2ncc(C#CC3CCCCC3)cc2C(=O)N([C@H](C)CO)C[C@H]1C. The van der Waals surface area contributed by atoms with Gasteiger partial charge in [0.05, 0.1) is 19.2 Å². The molecular weight excluding hydrogens is 444 g/mol. The molecular formula is C27H40N4O4. The highest BCUT2D eigenvalue weighted by atomic mass is 16.5. The monoisotopic (exact) mass is 484 g/mol. The first kappa shape index (κ1) is 26.8. The maximum absolute atomic E-state index is 13.5. The number of hydrogen-bond acceptors (Lipinski definition) is 5. The van der Waals surface area contributed by atoms with Crippen molar-refractivity contribution in [2.75, 3.05) is 26.7 Å². The Kier molecular flexibility index (Phi) is 9.39. The Labute approximate surface area is 209 Å². The molecule has 2 N–H and O–H groups in total. The maximum Gasteiger partial charge on any atom is 0.317 e. The smallest absolute Gasteiger partial charge is 0.317 e. The van der Waals surface area contributed by atoms with Gasteiger partial charge >= 0.3 is 6.03 Å². The van der Waals surface area contributed by atoms with Gasteiger partial charge in [-0.25, -0.2) is 9.78 Å². The molecule has 0 saturated heterocycles.